The molecule has 1 fully saturated rings. The van der Waals surface area contributed by atoms with E-state index >= 15 is 0 Å². The van der Waals surface area contributed by atoms with Gasteiger partial charge in [0.05, 0.1) is 10.6 Å². The Kier molecular flexibility index (Phi) is 2.91. The van der Waals surface area contributed by atoms with Gasteiger partial charge in [0, 0.05) is 19.3 Å². The number of rotatable bonds is 2. The number of piperidine rings is 1. The van der Waals surface area contributed by atoms with Crippen molar-refractivity contribution in [2.75, 3.05) is 18.0 Å². The van der Waals surface area contributed by atoms with Gasteiger partial charge >= 0.3 is 0 Å². The van der Waals surface area contributed by atoms with Gasteiger partial charge < -0.3 is 10.6 Å². The Labute approximate surface area is 109 Å². The molecule has 1 unspecified atom stereocenters. The number of amides is 1. The lowest BCUT2D eigenvalue weighted by Crippen LogP contribution is -2.41. The Morgan fingerprint density at radius 2 is 2.39 bits per heavy atom. The van der Waals surface area contributed by atoms with E-state index in [1.54, 1.807) is 11.3 Å². The van der Waals surface area contributed by atoms with Gasteiger partial charge in [-0.1, -0.05) is 0 Å². The van der Waals surface area contributed by atoms with Crippen LogP contribution in [-0.4, -0.2) is 24.0 Å². The van der Waals surface area contributed by atoms with Gasteiger partial charge in [-0.3, -0.25) is 4.79 Å². The van der Waals surface area contributed by atoms with Gasteiger partial charge in [-0.15, -0.1) is 11.3 Å². The van der Waals surface area contributed by atoms with Crippen molar-refractivity contribution in [1.82, 2.24) is 4.98 Å². The van der Waals surface area contributed by atoms with Gasteiger partial charge in [-0.05, 0) is 35.7 Å². The first-order valence-corrected chi connectivity index (χ1v) is 7.00. The van der Waals surface area contributed by atoms with Crippen LogP contribution >= 0.6 is 11.3 Å². The molecule has 1 aliphatic heterocycles. The maximum atomic E-state index is 11.3. The van der Waals surface area contributed by atoms with Gasteiger partial charge in [-0.25, -0.2) is 4.98 Å². The van der Waals surface area contributed by atoms with E-state index in [0.29, 0.717) is 6.54 Å². The molecule has 1 aliphatic rings. The van der Waals surface area contributed by atoms with Crippen molar-refractivity contribution in [3.8, 4) is 0 Å². The van der Waals surface area contributed by atoms with Crippen LogP contribution in [0.2, 0.25) is 0 Å². The van der Waals surface area contributed by atoms with Crippen LogP contribution in [0.15, 0.2) is 23.7 Å². The fourth-order valence-electron chi connectivity index (χ4n) is 2.51. The first-order valence-electron chi connectivity index (χ1n) is 6.12. The normalized spacial score (nSPS) is 20.2. The van der Waals surface area contributed by atoms with Gasteiger partial charge in [0.1, 0.15) is 5.82 Å². The van der Waals surface area contributed by atoms with Crippen LogP contribution in [0.1, 0.15) is 12.8 Å². The molecule has 0 saturated carbocycles. The molecule has 0 radical (unpaired) electrons. The van der Waals surface area contributed by atoms with Gasteiger partial charge in [0.15, 0.2) is 0 Å². The zero-order valence-corrected chi connectivity index (χ0v) is 10.8. The Balaban J connectivity index is 1.94. The fourth-order valence-corrected chi connectivity index (χ4v) is 3.42. The summed E-state index contributed by atoms with van der Waals surface area (Å²) in [7, 11) is 0. The molecule has 0 spiro atoms. The predicted molar refractivity (Wildman–Crippen MR) is 73.8 cm³/mol. The molecule has 0 aliphatic carbocycles. The van der Waals surface area contributed by atoms with Crippen molar-refractivity contribution in [3.05, 3.63) is 23.7 Å². The standard InChI is InChI=1S/C13H15N3OS/c14-12(17)10-2-1-6-16(8-10)13-11-9(3-5-15-13)4-7-18-11/h3-5,7,10H,1-2,6,8H2,(H2,14,17). The van der Waals surface area contributed by atoms with E-state index < -0.39 is 0 Å². The van der Waals surface area contributed by atoms with E-state index in [0.717, 1.165) is 25.2 Å². The topological polar surface area (TPSA) is 59.2 Å². The number of nitrogens with zero attached hydrogens (tertiary/aromatic N) is 2. The second kappa shape index (κ2) is 4.57. The van der Waals surface area contributed by atoms with Crippen LogP contribution in [0.25, 0.3) is 10.1 Å². The summed E-state index contributed by atoms with van der Waals surface area (Å²) in [5, 5.41) is 3.29. The molecular formula is C13H15N3OS. The molecular weight excluding hydrogens is 246 g/mol. The molecule has 1 amide bonds. The number of hydrogen-bond donors (Lipinski definition) is 1. The molecule has 0 aromatic carbocycles. The van der Waals surface area contributed by atoms with E-state index in [4.69, 9.17) is 5.73 Å². The van der Waals surface area contributed by atoms with E-state index in [2.05, 4.69) is 21.3 Å². The molecule has 4 nitrogen and oxygen atoms in total. The van der Waals surface area contributed by atoms with E-state index in [-0.39, 0.29) is 11.8 Å². The molecule has 3 rings (SSSR count). The third-order valence-corrected chi connectivity index (χ3v) is 4.40. The van der Waals surface area contributed by atoms with Gasteiger partial charge in [0.2, 0.25) is 5.91 Å². The summed E-state index contributed by atoms with van der Waals surface area (Å²) in [6.45, 7) is 1.65. The number of aromatic nitrogens is 1. The maximum Gasteiger partial charge on any atom is 0.222 e. The number of primary amides is 1. The highest BCUT2D eigenvalue weighted by atomic mass is 32.1. The summed E-state index contributed by atoms with van der Waals surface area (Å²) < 4.78 is 1.20. The lowest BCUT2D eigenvalue weighted by molar-refractivity contribution is -0.122. The van der Waals surface area contributed by atoms with Crippen molar-refractivity contribution in [2.24, 2.45) is 11.7 Å². The number of carbonyl (C=O) groups excluding carboxylic acids is 1. The fraction of sp³-hybridized carbons (Fsp3) is 0.385. The summed E-state index contributed by atoms with van der Waals surface area (Å²) in [5.41, 5.74) is 5.42. The highest BCUT2D eigenvalue weighted by Gasteiger charge is 2.25. The maximum absolute atomic E-state index is 11.3. The Morgan fingerprint density at radius 1 is 1.50 bits per heavy atom. The summed E-state index contributed by atoms with van der Waals surface area (Å²) in [4.78, 5) is 18.0. The smallest absolute Gasteiger partial charge is 0.222 e. The molecule has 3 heterocycles. The predicted octanol–water partition coefficient (Wildman–Crippen LogP) is 2.00. The lowest BCUT2D eigenvalue weighted by Gasteiger charge is -2.32. The van der Waals surface area contributed by atoms with Crippen molar-refractivity contribution in [1.29, 1.82) is 0 Å². The minimum absolute atomic E-state index is 0.0456. The van der Waals surface area contributed by atoms with Gasteiger partial charge in [-0.2, -0.15) is 0 Å². The highest BCUT2D eigenvalue weighted by Crippen LogP contribution is 2.31. The molecule has 18 heavy (non-hydrogen) atoms. The molecule has 2 aromatic heterocycles. The number of fused-ring (bicyclic) bond motifs is 1. The Bertz CT molecular complexity index is 580. The zero-order chi connectivity index (χ0) is 12.5. The third kappa shape index (κ3) is 1.95. The molecule has 5 heteroatoms. The molecule has 1 atom stereocenters. The van der Waals surface area contributed by atoms with Crippen LogP contribution in [0.4, 0.5) is 5.82 Å². The second-order valence-corrected chi connectivity index (χ2v) is 5.58. The molecule has 2 aromatic rings. The summed E-state index contributed by atoms with van der Waals surface area (Å²) in [5.74, 6) is 0.752. The minimum Gasteiger partial charge on any atom is -0.369 e. The number of nitrogens with two attached hydrogens (primary N) is 1. The van der Waals surface area contributed by atoms with Crippen LogP contribution < -0.4 is 10.6 Å². The first kappa shape index (κ1) is 11.5. The Hall–Kier alpha value is -1.62. The summed E-state index contributed by atoms with van der Waals surface area (Å²) in [6, 6.07) is 4.12. The second-order valence-electron chi connectivity index (χ2n) is 4.66. The summed E-state index contributed by atoms with van der Waals surface area (Å²) in [6.07, 6.45) is 3.72. The van der Waals surface area contributed by atoms with Crippen molar-refractivity contribution >= 4 is 33.1 Å². The van der Waals surface area contributed by atoms with Crippen molar-refractivity contribution in [3.63, 3.8) is 0 Å². The van der Waals surface area contributed by atoms with Gasteiger partial charge in [0.25, 0.3) is 0 Å². The average molecular weight is 261 g/mol. The largest absolute Gasteiger partial charge is 0.369 e. The number of carbonyl (C=O) groups is 1. The zero-order valence-electron chi connectivity index (χ0n) is 10.0. The first-order chi connectivity index (χ1) is 8.75. The quantitative estimate of drug-likeness (QED) is 0.899. The number of thiophene rings is 1. The number of hydrogen-bond acceptors (Lipinski definition) is 4. The van der Waals surface area contributed by atoms with E-state index in [9.17, 15) is 4.79 Å². The Morgan fingerprint density at radius 3 is 3.22 bits per heavy atom. The minimum atomic E-state index is -0.196. The number of pyridine rings is 1. The van der Waals surface area contributed by atoms with Crippen molar-refractivity contribution < 1.29 is 4.79 Å². The number of anilines is 1. The third-order valence-electron chi connectivity index (χ3n) is 3.47. The summed E-state index contributed by atoms with van der Waals surface area (Å²) >= 11 is 1.70. The monoisotopic (exact) mass is 261 g/mol. The van der Waals surface area contributed by atoms with Crippen LogP contribution in [0.5, 0.6) is 0 Å². The van der Waals surface area contributed by atoms with E-state index in [1.165, 1.54) is 10.1 Å². The molecule has 0 bridgehead atoms. The van der Waals surface area contributed by atoms with Crippen LogP contribution in [0.3, 0.4) is 0 Å². The molecule has 94 valence electrons. The van der Waals surface area contributed by atoms with E-state index in [1.807, 2.05) is 12.3 Å². The highest BCUT2D eigenvalue weighted by molar-refractivity contribution is 7.17. The SMILES string of the molecule is NC(=O)C1CCCN(c2nccc3ccsc23)C1. The molecule has 1 saturated heterocycles. The molecule has 2 N–H and O–H groups in total. The van der Waals surface area contributed by atoms with Crippen LogP contribution in [-0.2, 0) is 4.79 Å². The van der Waals surface area contributed by atoms with Crippen LogP contribution in [0, 0.1) is 5.92 Å². The average Bonchev–Trinajstić information content (AvgIpc) is 2.87. The van der Waals surface area contributed by atoms with Crippen molar-refractivity contribution in [2.45, 2.75) is 12.8 Å². The lowest BCUT2D eigenvalue weighted by atomic mass is 9.97.